The average Bonchev–Trinajstić information content (AvgIpc) is 2.33. The van der Waals surface area contributed by atoms with Crippen molar-refractivity contribution in [1.82, 2.24) is 5.32 Å². The van der Waals surface area contributed by atoms with E-state index in [2.05, 4.69) is 4.74 Å². The van der Waals surface area contributed by atoms with E-state index in [-0.39, 0.29) is 0 Å². The summed E-state index contributed by atoms with van der Waals surface area (Å²) in [6.45, 7) is 0. The van der Waals surface area contributed by atoms with Gasteiger partial charge in [-0.15, -0.1) is 0 Å². The van der Waals surface area contributed by atoms with E-state index in [1.807, 2.05) is 5.32 Å². The molecule has 1 saturated heterocycles. The van der Waals surface area contributed by atoms with Crippen molar-refractivity contribution in [2.45, 2.75) is 24.1 Å². The quantitative estimate of drug-likeness (QED) is 0.657. The second kappa shape index (κ2) is 4.94. The van der Waals surface area contributed by atoms with Crippen LogP contribution in [0.3, 0.4) is 0 Å². The Hall–Kier alpha value is -1.25. The van der Waals surface area contributed by atoms with Crippen molar-refractivity contribution in [3.63, 3.8) is 0 Å². The summed E-state index contributed by atoms with van der Waals surface area (Å²) in [6, 6.07) is -1.43. The fourth-order valence-corrected chi connectivity index (χ4v) is 3.13. The number of halogens is 2. The standard InChI is InChI=1S/C8H11F2NO5S/c1-16-8(13)4-3-17(14,15)5(7(9)10)2-6(12)11-4/h4-5,7H,2-3H2,1H3,(H,11,12)/t4-,5+/m0/s1. The molecule has 1 aliphatic rings. The van der Waals surface area contributed by atoms with Crippen LogP contribution >= 0.6 is 0 Å². The Kier molecular flexibility index (Phi) is 4.02. The monoisotopic (exact) mass is 271 g/mol. The number of nitrogens with one attached hydrogen (secondary N) is 1. The minimum absolute atomic E-state index is 0.854. The summed E-state index contributed by atoms with van der Waals surface area (Å²) < 4.78 is 52.4. The van der Waals surface area contributed by atoms with Crippen LogP contribution in [0.25, 0.3) is 0 Å². The number of sulfone groups is 1. The lowest BCUT2D eigenvalue weighted by Crippen LogP contribution is -2.43. The van der Waals surface area contributed by atoms with Gasteiger partial charge in [0.2, 0.25) is 5.91 Å². The Balaban J connectivity index is 3.03. The summed E-state index contributed by atoms with van der Waals surface area (Å²) in [5, 5.41) is -0.0280. The molecule has 2 atom stereocenters. The molecule has 0 aromatic rings. The molecule has 1 N–H and O–H groups in total. The van der Waals surface area contributed by atoms with Gasteiger partial charge >= 0.3 is 5.97 Å². The molecule has 0 aliphatic carbocycles. The Labute approximate surface area is 96.2 Å². The molecular formula is C8H11F2NO5S. The minimum Gasteiger partial charge on any atom is -0.467 e. The number of rotatable bonds is 2. The molecule has 0 radical (unpaired) electrons. The zero-order valence-corrected chi connectivity index (χ0v) is 9.67. The molecule has 0 aromatic heterocycles. The number of alkyl halides is 2. The summed E-state index contributed by atoms with van der Waals surface area (Å²) in [4.78, 5) is 22.3. The van der Waals surface area contributed by atoms with Crippen LogP contribution in [-0.4, -0.2) is 50.9 Å². The second-order valence-electron chi connectivity index (χ2n) is 3.55. The van der Waals surface area contributed by atoms with Crippen LogP contribution in [0.5, 0.6) is 0 Å². The van der Waals surface area contributed by atoms with Gasteiger partial charge in [0.1, 0.15) is 11.3 Å². The van der Waals surface area contributed by atoms with Crippen LogP contribution in [-0.2, 0) is 24.2 Å². The Morgan fingerprint density at radius 2 is 2.12 bits per heavy atom. The van der Waals surface area contributed by atoms with Crippen molar-refractivity contribution in [2.75, 3.05) is 12.9 Å². The molecular weight excluding hydrogens is 260 g/mol. The lowest BCUT2D eigenvalue weighted by Gasteiger charge is -2.13. The van der Waals surface area contributed by atoms with Gasteiger partial charge < -0.3 is 10.1 Å². The summed E-state index contributed by atoms with van der Waals surface area (Å²) in [6.07, 6.45) is -4.02. The van der Waals surface area contributed by atoms with Crippen molar-refractivity contribution in [1.29, 1.82) is 0 Å². The maximum Gasteiger partial charge on any atom is 0.329 e. The van der Waals surface area contributed by atoms with E-state index in [1.165, 1.54) is 0 Å². The molecule has 0 unspecified atom stereocenters. The van der Waals surface area contributed by atoms with Crippen molar-refractivity contribution >= 4 is 21.7 Å². The van der Waals surface area contributed by atoms with Crippen molar-refractivity contribution < 1.29 is 31.5 Å². The van der Waals surface area contributed by atoms with E-state index >= 15 is 0 Å². The number of amides is 1. The summed E-state index contributed by atoms with van der Waals surface area (Å²) in [5.74, 6) is -2.76. The summed E-state index contributed by atoms with van der Waals surface area (Å²) >= 11 is 0. The number of hydrogen-bond acceptors (Lipinski definition) is 5. The smallest absolute Gasteiger partial charge is 0.329 e. The van der Waals surface area contributed by atoms with E-state index in [1.54, 1.807) is 0 Å². The van der Waals surface area contributed by atoms with Crippen molar-refractivity contribution in [3.8, 4) is 0 Å². The van der Waals surface area contributed by atoms with Crippen molar-refractivity contribution in [2.24, 2.45) is 0 Å². The van der Waals surface area contributed by atoms with Crippen LogP contribution < -0.4 is 5.32 Å². The van der Waals surface area contributed by atoms with Crippen LogP contribution in [0.4, 0.5) is 8.78 Å². The predicted molar refractivity (Wildman–Crippen MR) is 52.1 cm³/mol. The molecule has 1 heterocycles. The Morgan fingerprint density at radius 3 is 2.59 bits per heavy atom. The van der Waals surface area contributed by atoms with E-state index in [0.717, 1.165) is 7.11 Å². The number of hydrogen-bond donors (Lipinski definition) is 1. The van der Waals surface area contributed by atoms with Crippen LogP contribution in [0.15, 0.2) is 0 Å². The number of esters is 1. The van der Waals surface area contributed by atoms with Gasteiger partial charge in [-0.25, -0.2) is 22.0 Å². The third-order valence-electron chi connectivity index (χ3n) is 2.35. The SMILES string of the molecule is COC(=O)[C@@H]1CS(=O)(=O)[C@@H](C(F)F)CC(=O)N1. The molecule has 9 heteroatoms. The molecule has 0 bridgehead atoms. The number of ether oxygens (including phenoxy) is 1. The van der Waals surface area contributed by atoms with Gasteiger partial charge in [-0.1, -0.05) is 0 Å². The normalized spacial score (nSPS) is 28.4. The number of carbonyl (C=O) groups excluding carboxylic acids is 2. The Bertz CT molecular complexity index is 422. The Morgan fingerprint density at radius 1 is 1.53 bits per heavy atom. The maximum absolute atomic E-state index is 12.5. The molecule has 98 valence electrons. The zero-order chi connectivity index (χ0) is 13.2. The first-order valence-corrected chi connectivity index (χ1v) is 6.36. The summed E-state index contributed by atoms with van der Waals surface area (Å²) in [5.41, 5.74) is 0. The van der Waals surface area contributed by atoms with E-state index < -0.39 is 51.6 Å². The summed E-state index contributed by atoms with van der Waals surface area (Å²) in [7, 11) is -3.22. The molecule has 1 aliphatic heterocycles. The molecule has 1 fully saturated rings. The van der Waals surface area contributed by atoms with Gasteiger partial charge in [-0.05, 0) is 0 Å². The molecule has 0 aromatic carbocycles. The molecule has 0 saturated carbocycles. The lowest BCUT2D eigenvalue weighted by molar-refractivity contribution is -0.144. The third kappa shape index (κ3) is 3.11. The van der Waals surface area contributed by atoms with Gasteiger partial charge in [-0.3, -0.25) is 4.79 Å². The first-order chi connectivity index (χ1) is 7.77. The van der Waals surface area contributed by atoms with E-state index in [0.29, 0.717) is 0 Å². The van der Waals surface area contributed by atoms with Crippen LogP contribution in [0.1, 0.15) is 6.42 Å². The molecule has 17 heavy (non-hydrogen) atoms. The number of methoxy groups -OCH3 is 1. The van der Waals surface area contributed by atoms with Gasteiger partial charge in [0.15, 0.2) is 9.84 Å². The highest BCUT2D eigenvalue weighted by molar-refractivity contribution is 7.92. The fraction of sp³-hybridized carbons (Fsp3) is 0.750. The maximum atomic E-state index is 12.5. The van der Waals surface area contributed by atoms with E-state index in [9.17, 15) is 26.8 Å². The molecule has 0 spiro atoms. The third-order valence-corrected chi connectivity index (χ3v) is 4.44. The highest BCUT2D eigenvalue weighted by Crippen LogP contribution is 2.20. The van der Waals surface area contributed by atoms with Gasteiger partial charge in [-0.2, -0.15) is 0 Å². The lowest BCUT2D eigenvalue weighted by atomic mass is 10.2. The van der Waals surface area contributed by atoms with Gasteiger partial charge in [0.25, 0.3) is 6.43 Å². The van der Waals surface area contributed by atoms with Gasteiger partial charge in [0, 0.05) is 6.42 Å². The molecule has 1 rings (SSSR count). The second-order valence-corrected chi connectivity index (χ2v) is 5.81. The zero-order valence-electron chi connectivity index (χ0n) is 8.85. The number of carbonyl (C=O) groups is 2. The fourth-order valence-electron chi connectivity index (χ4n) is 1.48. The van der Waals surface area contributed by atoms with Crippen LogP contribution in [0.2, 0.25) is 0 Å². The molecule has 6 nitrogen and oxygen atoms in total. The largest absolute Gasteiger partial charge is 0.467 e. The highest BCUT2D eigenvalue weighted by atomic mass is 32.2. The van der Waals surface area contributed by atoms with Crippen molar-refractivity contribution in [3.05, 3.63) is 0 Å². The first-order valence-electron chi connectivity index (χ1n) is 4.65. The minimum atomic E-state index is -4.23. The first kappa shape index (κ1) is 13.8. The van der Waals surface area contributed by atoms with E-state index in [4.69, 9.17) is 0 Å². The van der Waals surface area contributed by atoms with Gasteiger partial charge in [0.05, 0.1) is 12.9 Å². The topological polar surface area (TPSA) is 89.5 Å². The average molecular weight is 271 g/mol. The van der Waals surface area contributed by atoms with Crippen LogP contribution in [0, 0.1) is 0 Å². The molecule has 1 amide bonds. The highest BCUT2D eigenvalue weighted by Gasteiger charge is 2.42. The predicted octanol–water partition coefficient (Wildman–Crippen LogP) is -0.904.